The van der Waals surface area contributed by atoms with Crippen LogP contribution < -0.4 is 4.74 Å². The first kappa shape index (κ1) is 16.3. The first-order chi connectivity index (χ1) is 10.5. The van der Waals surface area contributed by atoms with Crippen molar-refractivity contribution in [2.24, 2.45) is 5.92 Å². The van der Waals surface area contributed by atoms with Crippen LogP contribution in [0.15, 0.2) is 24.3 Å². The van der Waals surface area contributed by atoms with Gasteiger partial charge in [0.2, 0.25) is 0 Å². The number of carboxylic acid groups (broad SMARTS) is 1. The molecule has 1 aliphatic rings. The van der Waals surface area contributed by atoms with Crippen LogP contribution in [0.25, 0.3) is 0 Å². The molecule has 1 amide bonds. The van der Waals surface area contributed by atoms with Crippen molar-refractivity contribution in [2.75, 3.05) is 13.2 Å². The number of hydrogen-bond donors (Lipinski definition) is 1. The van der Waals surface area contributed by atoms with Gasteiger partial charge in [-0.25, -0.2) is 0 Å². The third-order valence-electron chi connectivity index (χ3n) is 3.73. The minimum absolute atomic E-state index is 0.0152. The molecule has 0 spiro atoms. The highest BCUT2D eigenvalue weighted by molar-refractivity contribution is 5.95. The Bertz CT molecular complexity index is 524. The second kappa shape index (κ2) is 7.29. The van der Waals surface area contributed by atoms with Crippen molar-refractivity contribution in [2.45, 2.75) is 39.2 Å². The summed E-state index contributed by atoms with van der Waals surface area (Å²) in [4.78, 5) is 25.1. The molecule has 0 bridgehead atoms. The van der Waals surface area contributed by atoms with Crippen molar-refractivity contribution in [3.05, 3.63) is 29.8 Å². The van der Waals surface area contributed by atoms with Gasteiger partial charge in [-0.3, -0.25) is 9.59 Å². The van der Waals surface area contributed by atoms with Gasteiger partial charge in [0.25, 0.3) is 5.91 Å². The van der Waals surface area contributed by atoms with E-state index in [2.05, 4.69) is 13.8 Å². The number of rotatable bonds is 6. The molecule has 1 heterocycles. The summed E-state index contributed by atoms with van der Waals surface area (Å²) in [6.07, 6.45) is 1.63. The van der Waals surface area contributed by atoms with Crippen LogP contribution >= 0.6 is 0 Å². The summed E-state index contributed by atoms with van der Waals surface area (Å²) in [5.74, 6) is 0.234. The molecule has 120 valence electrons. The lowest BCUT2D eigenvalue weighted by Gasteiger charge is -2.23. The highest BCUT2D eigenvalue weighted by atomic mass is 16.5. The number of hydrogen-bond acceptors (Lipinski definition) is 3. The van der Waals surface area contributed by atoms with Crippen molar-refractivity contribution in [1.29, 1.82) is 0 Å². The molecule has 1 saturated heterocycles. The van der Waals surface area contributed by atoms with Crippen molar-refractivity contribution in [3.63, 3.8) is 0 Å². The molecule has 0 saturated carbocycles. The summed E-state index contributed by atoms with van der Waals surface area (Å²) in [6.45, 7) is 5.42. The maximum absolute atomic E-state index is 12.5. The lowest BCUT2D eigenvalue weighted by molar-refractivity contribution is -0.137. The Kier molecular flexibility index (Phi) is 5.41. The summed E-state index contributed by atoms with van der Waals surface area (Å²) in [7, 11) is 0. The lowest BCUT2D eigenvalue weighted by Crippen LogP contribution is -2.36. The summed E-state index contributed by atoms with van der Waals surface area (Å²) in [6, 6.07) is 6.87. The maximum Gasteiger partial charge on any atom is 0.305 e. The van der Waals surface area contributed by atoms with Crippen LogP contribution in [0, 0.1) is 5.92 Å². The van der Waals surface area contributed by atoms with E-state index < -0.39 is 5.97 Å². The number of aliphatic carboxylic acids is 1. The molecule has 0 aliphatic carbocycles. The number of carbonyl (C=O) groups is 2. The van der Waals surface area contributed by atoms with Crippen LogP contribution in [-0.4, -0.2) is 41.1 Å². The summed E-state index contributed by atoms with van der Waals surface area (Å²) in [5, 5.41) is 8.93. The van der Waals surface area contributed by atoms with Gasteiger partial charge >= 0.3 is 5.97 Å². The molecule has 1 aromatic carbocycles. The fourth-order valence-corrected chi connectivity index (χ4v) is 2.64. The Labute approximate surface area is 130 Å². The Morgan fingerprint density at radius 2 is 2.00 bits per heavy atom. The van der Waals surface area contributed by atoms with E-state index in [0.717, 1.165) is 18.6 Å². The number of nitrogens with zero attached hydrogens (tertiary/aromatic N) is 1. The minimum atomic E-state index is -0.859. The van der Waals surface area contributed by atoms with E-state index in [-0.39, 0.29) is 18.4 Å². The monoisotopic (exact) mass is 305 g/mol. The van der Waals surface area contributed by atoms with E-state index in [4.69, 9.17) is 9.84 Å². The first-order valence-electron chi connectivity index (χ1n) is 7.73. The van der Waals surface area contributed by atoms with Gasteiger partial charge in [-0.1, -0.05) is 13.8 Å². The normalized spacial score (nSPS) is 17.8. The molecule has 2 rings (SSSR count). The van der Waals surface area contributed by atoms with Gasteiger partial charge in [-0.2, -0.15) is 0 Å². The predicted octanol–water partition coefficient (Wildman–Crippen LogP) is 2.80. The van der Waals surface area contributed by atoms with Crippen LogP contribution in [0.2, 0.25) is 0 Å². The molecular formula is C17H23NO4. The summed E-state index contributed by atoms with van der Waals surface area (Å²) in [5.41, 5.74) is 0.578. The minimum Gasteiger partial charge on any atom is -0.493 e. The SMILES string of the molecule is CC(C)COc1ccc(C(=O)N2CCCC2CC(=O)O)cc1. The second-order valence-electron chi connectivity index (χ2n) is 6.12. The van der Waals surface area contributed by atoms with Crippen LogP contribution in [-0.2, 0) is 4.79 Å². The van der Waals surface area contributed by atoms with E-state index >= 15 is 0 Å². The molecule has 1 aliphatic heterocycles. The Morgan fingerprint density at radius 1 is 1.32 bits per heavy atom. The Hall–Kier alpha value is -2.04. The van der Waals surface area contributed by atoms with Gasteiger partial charge in [0.1, 0.15) is 5.75 Å². The van der Waals surface area contributed by atoms with Gasteiger partial charge in [0.15, 0.2) is 0 Å². The van der Waals surface area contributed by atoms with Gasteiger partial charge < -0.3 is 14.7 Å². The average Bonchev–Trinajstić information content (AvgIpc) is 2.92. The molecule has 0 aromatic heterocycles. The van der Waals surface area contributed by atoms with Crippen molar-refractivity contribution in [3.8, 4) is 5.75 Å². The van der Waals surface area contributed by atoms with Crippen LogP contribution in [0.4, 0.5) is 0 Å². The topological polar surface area (TPSA) is 66.8 Å². The van der Waals surface area contributed by atoms with Crippen molar-refractivity contribution in [1.82, 2.24) is 4.90 Å². The fourth-order valence-electron chi connectivity index (χ4n) is 2.64. The van der Waals surface area contributed by atoms with Crippen molar-refractivity contribution >= 4 is 11.9 Å². The number of amides is 1. The van der Waals surface area contributed by atoms with Gasteiger partial charge in [-0.05, 0) is 43.0 Å². The number of likely N-dealkylation sites (tertiary alicyclic amines) is 1. The third-order valence-corrected chi connectivity index (χ3v) is 3.73. The molecule has 1 N–H and O–H groups in total. The maximum atomic E-state index is 12.5. The number of carbonyl (C=O) groups excluding carboxylic acids is 1. The predicted molar refractivity (Wildman–Crippen MR) is 83.1 cm³/mol. The second-order valence-corrected chi connectivity index (χ2v) is 6.12. The molecule has 1 aromatic rings. The zero-order valence-corrected chi connectivity index (χ0v) is 13.1. The summed E-state index contributed by atoms with van der Waals surface area (Å²) < 4.78 is 5.60. The average molecular weight is 305 g/mol. The highest BCUT2D eigenvalue weighted by Gasteiger charge is 2.30. The number of ether oxygens (including phenoxy) is 1. The zero-order valence-electron chi connectivity index (χ0n) is 13.1. The Morgan fingerprint density at radius 3 is 2.59 bits per heavy atom. The molecular weight excluding hydrogens is 282 g/mol. The molecule has 5 heteroatoms. The smallest absolute Gasteiger partial charge is 0.305 e. The molecule has 22 heavy (non-hydrogen) atoms. The molecule has 1 fully saturated rings. The quantitative estimate of drug-likeness (QED) is 0.877. The fraction of sp³-hybridized carbons (Fsp3) is 0.529. The molecule has 0 radical (unpaired) electrons. The zero-order chi connectivity index (χ0) is 16.1. The largest absolute Gasteiger partial charge is 0.493 e. The van der Waals surface area contributed by atoms with E-state index in [1.807, 2.05) is 0 Å². The summed E-state index contributed by atoms with van der Waals surface area (Å²) >= 11 is 0. The van der Waals surface area contributed by atoms with Crippen LogP contribution in [0.1, 0.15) is 43.5 Å². The number of carboxylic acids is 1. The van der Waals surface area contributed by atoms with Crippen molar-refractivity contribution < 1.29 is 19.4 Å². The van der Waals surface area contributed by atoms with Gasteiger partial charge in [-0.15, -0.1) is 0 Å². The van der Waals surface area contributed by atoms with Crippen LogP contribution in [0.5, 0.6) is 5.75 Å². The standard InChI is InChI=1S/C17H23NO4/c1-12(2)11-22-15-7-5-13(6-8-15)17(21)18-9-3-4-14(18)10-16(19)20/h5-8,12,14H,3-4,9-11H2,1-2H3,(H,19,20). The molecule has 5 nitrogen and oxygen atoms in total. The third kappa shape index (κ3) is 4.23. The number of benzene rings is 1. The highest BCUT2D eigenvalue weighted by Crippen LogP contribution is 2.23. The van der Waals surface area contributed by atoms with E-state index in [1.54, 1.807) is 29.2 Å². The Balaban J connectivity index is 2.01. The van der Waals surface area contributed by atoms with Gasteiger partial charge in [0.05, 0.1) is 13.0 Å². The lowest BCUT2D eigenvalue weighted by atomic mass is 10.1. The van der Waals surface area contributed by atoms with Gasteiger partial charge in [0, 0.05) is 18.2 Å². The van der Waals surface area contributed by atoms with E-state index in [1.165, 1.54) is 0 Å². The molecule has 1 atom stereocenters. The first-order valence-corrected chi connectivity index (χ1v) is 7.73. The van der Waals surface area contributed by atoms with E-state index in [9.17, 15) is 9.59 Å². The van der Waals surface area contributed by atoms with Crippen LogP contribution in [0.3, 0.4) is 0 Å². The molecule has 1 unspecified atom stereocenters. The van der Waals surface area contributed by atoms with E-state index in [0.29, 0.717) is 24.6 Å².